The van der Waals surface area contributed by atoms with Crippen LogP contribution >= 0.6 is 0 Å². The number of nitrogens with one attached hydrogen (secondary N) is 2. The van der Waals surface area contributed by atoms with Gasteiger partial charge in [0, 0.05) is 6.54 Å². The van der Waals surface area contributed by atoms with Gasteiger partial charge in [-0.25, -0.2) is 8.42 Å². The van der Waals surface area contributed by atoms with Crippen molar-refractivity contribution < 1.29 is 27.6 Å². The van der Waals surface area contributed by atoms with Gasteiger partial charge in [0.2, 0.25) is 15.9 Å². The predicted octanol–water partition coefficient (Wildman–Crippen LogP) is -0.587. The fourth-order valence-electron chi connectivity index (χ4n) is 3.48. The minimum absolute atomic E-state index is 0.0143. The molecule has 0 aromatic heterocycles. The molecule has 1 fully saturated rings. The van der Waals surface area contributed by atoms with Crippen LogP contribution in [0.25, 0.3) is 0 Å². The Hall–Kier alpha value is -3.30. The first-order valence-corrected chi connectivity index (χ1v) is 11.8. The molecule has 0 saturated carbocycles. The van der Waals surface area contributed by atoms with E-state index in [-0.39, 0.29) is 42.2 Å². The number of amides is 3. The molecule has 2 atom stereocenters. The van der Waals surface area contributed by atoms with Gasteiger partial charge in [0.05, 0.1) is 23.0 Å². The molecular formula is C21H27N5O6S. The highest BCUT2D eigenvalue weighted by Gasteiger charge is 2.35. The summed E-state index contributed by atoms with van der Waals surface area (Å²) in [6, 6.07) is 5.51. The number of nitrogens with zero attached hydrogens (tertiary/aromatic N) is 2. The Labute approximate surface area is 192 Å². The molecular weight excluding hydrogens is 450 g/mol. The molecule has 1 heterocycles. The lowest BCUT2D eigenvalue weighted by molar-refractivity contribution is -0.139. The number of carbonyl (C=O) groups is 4. The molecule has 11 nitrogen and oxygen atoms in total. The molecule has 1 aliphatic heterocycles. The smallest absolute Gasteiger partial charge is 0.309 e. The van der Waals surface area contributed by atoms with Crippen molar-refractivity contribution >= 4 is 33.5 Å². The Morgan fingerprint density at radius 3 is 2.55 bits per heavy atom. The van der Waals surface area contributed by atoms with Gasteiger partial charge in [-0.2, -0.15) is 9.57 Å². The van der Waals surface area contributed by atoms with Crippen LogP contribution in [0.4, 0.5) is 0 Å². The third-order valence-corrected chi connectivity index (χ3v) is 7.02. The van der Waals surface area contributed by atoms with E-state index >= 15 is 0 Å². The van der Waals surface area contributed by atoms with Crippen molar-refractivity contribution in [3.63, 3.8) is 0 Å². The molecule has 1 aliphatic rings. The summed E-state index contributed by atoms with van der Waals surface area (Å²) in [5, 5.41) is 14.1. The summed E-state index contributed by atoms with van der Waals surface area (Å²) in [6.07, 6.45) is 0.680. The summed E-state index contributed by atoms with van der Waals surface area (Å²) in [7, 11) is -4.10. The van der Waals surface area contributed by atoms with Crippen molar-refractivity contribution in [1.29, 1.82) is 5.26 Å². The van der Waals surface area contributed by atoms with Gasteiger partial charge >= 0.3 is 11.8 Å². The van der Waals surface area contributed by atoms with E-state index in [1.165, 1.54) is 18.2 Å². The molecule has 1 saturated heterocycles. The minimum atomic E-state index is -4.10. The van der Waals surface area contributed by atoms with Gasteiger partial charge in [-0.3, -0.25) is 19.2 Å². The lowest BCUT2D eigenvalue weighted by Gasteiger charge is -2.23. The Kier molecular flexibility index (Phi) is 8.67. The van der Waals surface area contributed by atoms with Crippen LogP contribution in [0, 0.1) is 17.2 Å². The Bertz CT molecular complexity index is 1080. The second-order valence-corrected chi connectivity index (χ2v) is 10.0. The van der Waals surface area contributed by atoms with E-state index in [0.29, 0.717) is 0 Å². The third-order valence-electron chi connectivity index (χ3n) is 5.12. The summed E-state index contributed by atoms with van der Waals surface area (Å²) in [4.78, 5) is 48.1. The lowest BCUT2D eigenvalue weighted by atomic mass is 10.0. The van der Waals surface area contributed by atoms with Crippen LogP contribution in [0.2, 0.25) is 0 Å². The monoisotopic (exact) mass is 477 g/mol. The first kappa shape index (κ1) is 26.0. The topological polar surface area (TPSA) is 180 Å². The van der Waals surface area contributed by atoms with Crippen LogP contribution in [0.3, 0.4) is 0 Å². The number of hydrogen-bond donors (Lipinski definition) is 3. The first-order chi connectivity index (χ1) is 15.5. The third kappa shape index (κ3) is 6.59. The van der Waals surface area contributed by atoms with Gasteiger partial charge in [0.15, 0.2) is 5.78 Å². The standard InChI is InChI=1S/C21H27N5O6S/c1-13(2)10-16(25-21(30)19(23)28)20(29)24-15-7-5-9-26(12-17(15)27)33(31,32)18-8-4-3-6-14(18)11-22/h3-4,6,8,13,15-16H,5,7,9-10,12H2,1-2H3,(H2,23,28)(H,24,29)(H,25,30)/t15?,16-/m0/s1. The fourth-order valence-corrected chi connectivity index (χ4v) is 5.07. The molecule has 2 rings (SSSR count). The maximum atomic E-state index is 13.1. The van der Waals surface area contributed by atoms with Crippen LogP contribution in [-0.2, 0) is 29.2 Å². The highest BCUT2D eigenvalue weighted by molar-refractivity contribution is 7.89. The molecule has 178 valence electrons. The van der Waals surface area contributed by atoms with E-state index in [1.54, 1.807) is 6.07 Å². The Morgan fingerprint density at radius 2 is 1.94 bits per heavy atom. The average Bonchev–Trinajstić information content (AvgIpc) is 2.94. The molecule has 4 N–H and O–H groups in total. The number of hydrogen-bond acceptors (Lipinski definition) is 7. The molecule has 0 radical (unpaired) electrons. The van der Waals surface area contributed by atoms with Gasteiger partial charge in [-0.1, -0.05) is 26.0 Å². The van der Waals surface area contributed by atoms with E-state index in [4.69, 9.17) is 5.73 Å². The second kappa shape index (κ2) is 11.0. The molecule has 12 heteroatoms. The van der Waals surface area contributed by atoms with Crippen LogP contribution in [-0.4, -0.2) is 61.4 Å². The maximum Gasteiger partial charge on any atom is 0.309 e. The molecule has 1 aromatic rings. The zero-order valence-corrected chi connectivity index (χ0v) is 19.2. The number of benzene rings is 1. The number of rotatable bonds is 7. The number of ketones is 1. The number of nitriles is 1. The maximum absolute atomic E-state index is 13.1. The molecule has 3 amide bonds. The highest BCUT2D eigenvalue weighted by Crippen LogP contribution is 2.22. The van der Waals surface area contributed by atoms with Gasteiger partial charge in [-0.05, 0) is 37.3 Å². The summed E-state index contributed by atoms with van der Waals surface area (Å²) < 4.78 is 27.1. The fraction of sp³-hybridized carbons (Fsp3) is 0.476. The summed E-state index contributed by atoms with van der Waals surface area (Å²) in [5.74, 6) is -3.55. The van der Waals surface area contributed by atoms with E-state index in [2.05, 4.69) is 10.6 Å². The molecule has 0 bridgehead atoms. The number of carbonyl (C=O) groups excluding carboxylic acids is 4. The van der Waals surface area contributed by atoms with Crippen molar-refractivity contribution in [3.8, 4) is 6.07 Å². The molecule has 1 aromatic carbocycles. The van der Waals surface area contributed by atoms with Crippen molar-refractivity contribution in [2.24, 2.45) is 11.7 Å². The number of nitrogens with two attached hydrogens (primary N) is 1. The van der Waals surface area contributed by atoms with Crippen molar-refractivity contribution in [1.82, 2.24) is 14.9 Å². The second-order valence-electron chi connectivity index (χ2n) is 8.14. The van der Waals surface area contributed by atoms with Crippen molar-refractivity contribution in [3.05, 3.63) is 29.8 Å². The predicted molar refractivity (Wildman–Crippen MR) is 117 cm³/mol. The number of Topliss-reactive ketones (excluding diaryl/α,β-unsaturated/α-hetero) is 1. The van der Waals surface area contributed by atoms with E-state index < -0.39 is 52.2 Å². The zero-order valence-electron chi connectivity index (χ0n) is 18.4. The van der Waals surface area contributed by atoms with Crippen LogP contribution in [0.1, 0.15) is 38.7 Å². The molecule has 0 aliphatic carbocycles. The Morgan fingerprint density at radius 1 is 1.27 bits per heavy atom. The van der Waals surface area contributed by atoms with Crippen LogP contribution < -0.4 is 16.4 Å². The number of sulfonamides is 1. The average molecular weight is 478 g/mol. The quantitative estimate of drug-likeness (QED) is 0.439. The van der Waals surface area contributed by atoms with E-state index in [1.807, 2.05) is 19.9 Å². The molecule has 0 spiro atoms. The SMILES string of the molecule is CC(C)C[C@H](NC(=O)C(N)=O)C(=O)NC1CCCN(S(=O)(=O)c2ccccc2C#N)CC1=O. The minimum Gasteiger partial charge on any atom is -0.361 e. The van der Waals surface area contributed by atoms with Crippen molar-refractivity contribution in [2.45, 2.75) is 50.1 Å². The lowest BCUT2D eigenvalue weighted by Crippen LogP contribution is -2.54. The van der Waals surface area contributed by atoms with Gasteiger partial charge < -0.3 is 16.4 Å². The molecule has 33 heavy (non-hydrogen) atoms. The normalized spacial score (nSPS) is 18.1. The summed E-state index contributed by atoms with van der Waals surface area (Å²) in [5.41, 5.74) is 4.92. The summed E-state index contributed by atoms with van der Waals surface area (Å²) >= 11 is 0. The van der Waals surface area contributed by atoms with Gasteiger partial charge in [0.25, 0.3) is 0 Å². The number of primary amides is 1. The highest BCUT2D eigenvalue weighted by atomic mass is 32.2. The van der Waals surface area contributed by atoms with Crippen molar-refractivity contribution in [2.75, 3.05) is 13.1 Å². The largest absolute Gasteiger partial charge is 0.361 e. The molecule has 1 unspecified atom stereocenters. The van der Waals surface area contributed by atoms with E-state index in [9.17, 15) is 32.9 Å². The zero-order chi connectivity index (χ0) is 24.8. The van der Waals surface area contributed by atoms with Crippen LogP contribution in [0.15, 0.2) is 29.2 Å². The Balaban J connectivity index is 2.16. The van der Waals surface area contributed by atoms with Gasteiger partial charge in [-0.15, -0.1) is 0 Å². The van der Waals surface area contributed by atoms with E-state index in [0.717, 1.165) is 4.31 Å². The van der Waals surface area contributed by atoms with Crippen LogP contribution in [0.5, 0.6) is 0 Å². The summed E-state index contributed by atoms with van der Waals surface area (Å²) in [6.45, 7) is 3.19. The first-order valence-electron chi connectivity index (χ1n) is 10.4. The van der Waals surface area contributed by atoms with Gasteiger partial charge in [0.1, 0.15) is 12.1 Å².